The number of nitriles is 1. The maximum atomic E-state index is 13.4. The third kappa shape index (κ3) is 3.70. The molecule has 29 heavy (non-hydrogen) atoms. The zero-order valence-corrected chi connectivity index (χ0v) is 15.9. The summed E-state index contributed by atoms with van der Waals surface area (Å²) in [6.45, 7) is 1.51. The fourth-order valence-corrected chi connectivity index (χ4v) is 4.75. The minimum Gasteiger partial charge on any atom is -0.333 e. The van der Waals surface area contributed by atoms with E-state index in [9.17, 15) is 18.4 Å². The highest BCUT2D eigenvalue weighted by Crippen LogP contribution is 2.33. The molecule has 0 saturated carbocycles. The van der Waals surface area contributed by atoms with Crippen molar-refractivity contribution < 1.29 is 18.4 Å². The van der Waals surface area contributed by atoms with Gasteiger partial charge in [-0.1, -0.05) is 0 Å². The first-order valence-electron chi connectivity index (χ1n) is 9.82. The predicted octanol–water partition coefficient (Wildman–Crippen LogP) is 0.592. The molecule has 3 aliphatic rings. The summed E-state index contributed by atoms with van der Waals surface area (Å²) in [6, 6.07) is 3.75. The molecule has 3 heterocycles. The van der Waals surface area contributed by atoms with E-state index in [0.29, 0.717) is 31.5 Å². The molecule has 4 rings (SSSR count). The standard InChI is InChI=1S/C20H23F2N5O2/c21-13-4-12(5-14(22)6-13)9-27-16-7-18(20(27)29)25(10-16)11-17(24)19(28)26-3-1-2-15(26)8-23/h4-6,15-18H,1-3,7,9-11,24H2/t15-,16+,17-,18+/m0/s1. The Morgan fingerprint density at radius 1 is 1.31 bits per heavy atom. The highest BCUT2D eigenvalue weighted by Gasteiger charge is 2.50. The summed E-state index contributed by atoms with van der Waals surface area (Å²) < 4.78 is 26.9. The largest absolute Gasteiger partial charge is 0.333 e. The maximum absolute atomic E-state index is 13.4. The third-order valence-corrected chi connectivity index (χ3v) is 6.10. The number of likely N-dealkylation sites (tertiary alicyclic amines) is 3. The molecule has 2 bridgehead atoms. The van der Waals surface area contributed by atoms with Gasteiger partial charge in [0.25, 0.3) is 0 Å². The Hall–Kier alpha value is -2.57. The SMILES string of the molecule is N#C[C@@H]1CCCN1C(=O)[C@@H](N)CN1C[C@H]2C[C@@H]1C(=O)N2Cc1cc(F)cc(F)c1. The molecule has 4 atom stereocenters. The van der Waals surface area contributed by atoms with Crippen LogP contribution in [0.25, 0.3) is 0 Å². The molecule has 9 heteroatoms. The average molecular weight is 403 g/mol. The highest BCUT2D eigenvalue weighted by molar-refractivity contribution is 5.86. The molecule has 1 aromatic rings. The second-order valence-corrected chi connectivity index (χ2v) is 8.03. The second-order valence-electron chi connectivity index (χ2n) is 8.03. The molecule has 3 saturated heterocycles. The Morgan fingerprint density at radius 3 is 2.69 bits per heavy atom. The van der Waals surface area contributed by atoms with Crippen LogP contribution in [0.4, 0.5) is 8.78 Å². The normalized spacial score (nSPS) is 27.5. The molecule has 3 fully saturated rings. The van der Waals surface area contributed by atoms with Crippen LogP contribution in [-0.4, -0.2) is 70.3 Å². The number of carbonyl (C=O) groups excluding carboxylic acids is 2. The van der Waals surface area contributed by atoms with Crippen LogP contribution in [-0.2, 0) is 16.1 Å². The zero-order valence-electron chi connectivity index (χ0n) is 15.9. The zero-order chi connectivity index (χ0) is 20.7. The van der Waals surface area contributed by atoms with Crippen molar-refractivity contribution in [1.29, 1.82) is 5.26 Å². The summed E-state index contributed by atoms with van der Waals surface area (Å²) in [7, 11) is 0. The second kappa shape index (κ2) is 7.69. The Balaban J connectivity index is 1.37. The lowest BCUT2D eigenvalue weighted by Gasteiger charge is -2.35. The predicted molar refractivity (Wildman–Crippen MR) is 99.0 cm³/mol. The maximum Gasteiger partial charge on any atom is 0.241 e. The first-order valence-corrected chi connectivity index (χ1v) is 9.82. The van der Waals surface area contributed by atoms with E-state index < -0.39 is 23.7 Å². The summed E-state index contributed by atoms with van der Waals surface area (Å²) in [6.07, 6.45) is 2.07. The number of nitrogens with two attached hydrogens (primary N) is 1. The number of benzene rings is 1. The van der Waals surface area contributed by atoms with Gasteiger partial charge in [-0.3, -0.25) is 14.5 Å². The van der Waals surface area contributed by atoms with Crippen LogP contribution in [0.1, 0.15) is 24.8 Å². The van der Waals surface area contributed by atoms with E-state index in [1.54, 1.807) is 4.90 Å². The quantitative estimate of drug-likeness (QED) is 0.777. The molecular weight excluding hydrogens is 380 g/mol. The van der Waals surface area contributed by atoms with E-state index in [0.717, 1.165) is 12.5 Å². The van der Waals surface area contributed by atoms with Crippen LogP contribution < -0.4 is 5.73 Å². The Labute approximate surface area is 167 Å². The van der Waals surface area contributed by atoms with Gasteiger partial charge in [-0.25, -0.2) is 8.78 Å². The summed E-state index contributed by atoms with van der Waals surface area (Å²) in [5.41, 5.74) is 6.53. The first-order chi connectivity index (χ1) is 13.9. The summed E-state index contributed by atoms with van der Waals surface area (Å²) in [5.74, 6) is -1.70. The van der Waals surface area contributed by atoms with Gasteiger partial charge >= 0.3 is 0 Å². The van der Waals surface area contributed by atoms with E-state index in [-0.39, 0.29) is 37.0 Å². The van der Waals surface area contributed by atoms with E-state index >= 15 is 0 Å². The molecule has 154 valence electrons. The summed E-state index contributed by atoms with van der Waals surface area (Å²) in [4.78, 5) is 30.5. The fourth-order valence-electron chi connectivity index (χ4n) is 4.75. The van der Waals surface area contributed by atoms with Gasteiger partial charge in [-0.05, 0) is 37.0 Å². The van der Waals surface area contributed by atoms with Crippen LogP contribution in [0.5, 0.6) is 0 Å². The van der Waals surface area contributed by atoms with Gasteiger partial charge in [0, 0.05) is 38.3 Å². The van der Waals surface area contributed by atoms with Gasteiger partial charge in [0.05, 0.1) is 18.2 Å². The van der Waals surface area contributed by atoms with Gasteiger partial charge in [-0.2, -0.15) is 5.26 Å². The van der Waals surface area contributed by atoms with Crippen molar-refractivity contribution in [2.75, 3.05) is 19.6 Å². The Morgan fingerprint density at radius 2 is 2.03 bits per heavy atom. The smallest absolute Gasteiger partial charge is 0.241 e. The molecule has 0 aliphatic carbocycles. The number of amides is 2. The van der Waals surface area contributed by atoms with Crippen LogP contribution in [0, 0.1) is 23.0 Å². The van der Waals surface area contributed by atoms with Crippen LogP contribution >= 0.6 is 0 Å². The Bertz CT molecular complexity index is 853. The van der Waals surface area contributed by atoms with Gasteiger partial charge in [0.2, 0.25) is 11.8 Å². The third-order valence-electron chi connectivity index (χ3n) is 6.10. The number of hydrogen-bond acceptors (Lipinski definition) is 5. The molecule has 3 aliphatic heterocycles. The van der Waals surface area contributed by atoms with Crippen LogP contribution in [0.2, 0.25) is 0 Å². The van der Waals surface area contributed by atoms with Crippen LogP contribution in [0.3, 0.4) is 0 Å². The molecular formula is C20H23F2N5O2. The van der Waals surface area contributed by atoms with Crippen molar-refractivity contribution in [3.05, 3.63) is 35.4 Å². The van der Waals surface area contributed by atoms with Crippen molar-refractivity contribution in [1.82, 2.24) is 14.7 Å². The molecule has 1 aromatic carbocycles. The number of hydrogen-bond donors (Lipinski definition) is 1. The minimum atomic E-state index is -0.790. The number of fused-ring (bicyclic) bond motifs is 2. The monoisotopic (exact) mass is 403 g/mol. The average Bonchev–Trinajstić information content (AvgIpc) is 3.36. The number of nitrogens with zero attached hydrogens (tertiary/aromatic N) is 4. The van der Waals surface area contributed by atoms with Gasteiger partial charge in [-0.15, -0.1) is 0 Å². The molecule has 2 amide bonds. The molecule has 0 radical (unpaired) electrons. The van der Waals surface area contributed by atoms with Crippen LogP contribution in [0.15, 0.2) is 18.2 Å². The Kier molecular flexibility index (Phi) is 5.23. The minimum absolute atomic E-state index is 0.0697. The molecule has 0 unspecified atom stereocenters. The summed E-state index contributed by atoms with van der Waals surface area (Å²) >= 11 is 0. The lowest BCUT2D eigenvalue weighted by Crippen LogP contribution is -2.56. The molecule has 7 nitrogen and oxygen atoms in total. The fraction of sp³-hybridized carbons (Fsp3) is 0.550. The number of halogens is 2. The summed E-state index contributed by atoms with van der Waals surface area (Å²) in [5, 5.41) is 9.16. The van der Waals surface area contributed by atoms with Gasteiger partial charge in [0.15, 0.2) is 0 Å². The molecule has 2 N–H and O–H groups in total. The first kappa shape index (κ1) is 19.7. The van der Waals surface area contributed by atoms with E-state index in [1.165, 1.54) is 17.0 Å². The topological polar surface area (TPSA) is 93.7 Å². The number of carbonyl (C=O) groups is 2. The van der Waals surface area contributed by atoms with Crippen molar-refractivity contribution in [3.8, 4) is 6.07 Å². The van der Waals surface area contributed by atoms with Gasteiger partial charge < -0.3 is 15.5 Å². The molecule has 0 aromatic heterocycles. The number of piperazine rings is 1. The molecule has 0 spiro atoms. The number of rotatable bonds is 5. The lowest BCUT2D eigenvalue weighted by atomic mass is 10.1. The highest BCUT2D eigenvalue weighted by atomic mass is 19.1. The van der Waals surface area contributed by atoms with E-state index in [4.69, 9.17) is 11.0 Å². The van der Waals surface area contributed by atoms with Crippen molar-refractivity contribution in [2.24, 2.45) is 5.73 Å². The van der Waals surface area contributed by atoms with E-state index in [2.05, 4.69) is 6.07 Å². The van der Waals surface area contributed by atoms with E-state index in [1.807, 2.05) is 4.90 Å². The van der Waals surface area contributed by atoms with Crippen molar-refractivity contribution >= 4 is 11.8 Å². The van der Waals surface area contributed by atoms with Crippen molar-refractivity contribution in [2.45, 2.75) is 50.0 Å². The van der Waals surface area contributed by atoms with Crippen molar-refractivity contribution in [3.63, 3.8) is 0 Å². The lowest BCUT2D eigenvalue weighted by molar-refractivity contribution is -0.139. The van der Waals surface area contributed by atoms with Gasteiger partial charge in [0.1, 0.15) is 17.7 Å².